The van der Waals surface area contributed by atoms with Crippen LogP contribution >= 0.6 is 11.3 Å². The molecule has 0 spiro atoms. The van der Waals surface area contributed by atoms with Gasteiger partial charge in [-0.2, -0.15) is 18.4 Å². The summed E-state index contributed by atoms with van der Waals surface area (Å²) in [4.78, 5) is 12.2. The van der Waals surface area contributed by atoms with Crippen molar-refractivity contribution < 1.29 is 27.4 Å². The van der Waals surface area contributed by atoms with E-state index in [1.54, 1.807) is 30.3 Å². The Balaban J connectivity index is 1.54. The molecule has 0 unspecified atom stereocenters. The summed E-state index contributed by atoms with van der Waals surface area (Å²) in [5, 5.41) is 16.1. The van der Waals surface area contributed by atoms with Crippen LogP contribution < -0.4 is 14.8 Å². The molecule has 0 aliphatic heterocycles. The maximum Gasteiger partial charge on any atom is 0.445 e. The van der Waals surface area contributed by atoms with E-state index in [0.717, 1.165) is 16.9 Å². The van der Waals surface area contributed by atoms with Gasteiger partial charge >= 0.3 is 6.18 Å². The molecule has 0 radical (unpaired) electrons. The van der Waals surface area contributed by atoms with Crippen LogP contribution in [0.3, 0.4) is 0 Å². The highest BCUT2D eigenvalue weighted by molar-refractivity contribution is 7.15. The first-order chi connectivity index (χ1) is 16.2. The third kappa shape index (κ3) is 6.79. The molecule has 0 saturated carbocycles. The second kappa shape index (κ2) is 10.8. The Labute approximate surface area is 197 Å². The molecule has 3 rings (SSSR count). The predicted octanol–water partition coefficient (Wildman–Crippen LogP) is 5.18. The van der Waals surface area contributed by atoms with E-state index in [2.05, 4.69) is 15.5 Å². The van der Waals surface area contributed by atoms with Gasteiger partial charge in [-0.25, -0.2) is 0 Å². The first-order valence-corrected chi connectivity index (χ1v) is 10.7. The lowest BCUT2D eigenvalue weighted by molar-refractivity contribution is -0.138. The van der Waals surface area contributed by atoms with Gasteiger partial charge in [0.15, 0.2) is 0 Å². The van der Waals surface area contributed by atoms with E-state index in [1.165, 1.54) is 6.08 Å². The Bertz CT molecular complexity index is 1230. The number of nitrogens with one attached hydrogen (secondary N) is 1. The summed E-state index contributed by atoms with van der Waals surface area (Å²) in [6.45, 7) is 4.62. The molecule has 3 aromatic rings. The van der Waals surface area contributed by atoms with Crippen LogP contribution in [0.4, 0.5) is 18.3 Å². The van der Waals surface area contributed by atoms with Gasteiger partial charge in [-0.15, -0.1) is 10.2 Å². The highest BCUT2D eigenvalue weighted by Gasteiger charge is 2.35. The molecule has 1 amide bonds. The number of anilines is 1. The zero-order valence-electron chi connectivity index (χ0n) is 18.1. The van der Waals surface area contributed by atoms with Crippen LogP contribution in [0, 0.1) is 25.2 Å². The van der Waals surface area contributed by atoms with Crippen LogP contribution in [0.2, 0.25) is 0 Å². The van der Waals surface area contributed by atoms with Crippen molar-refractivity contribution in [1.29, 1.82) is 5.26 Å². The molecule has 0 atom stereocenters. The van der Waals surface area contributed by atoms with Crippen molar-refractivity contribution in [3.63, 3.8) is 0 Å². The molecule has 7 nitrogen and oxygen atoms in total. The van der Waals surface area contributed by atoms with Gasteiger partial charge in [0.2, 0.25) is 10.1 Å². The number of nitrogens with zero attached hydrogens (tertiary/aromatic N) is 3. The number of amides is 1. The number of ether oxygens (including phenoxy) is 2. The summed E-state index contributed by atoms with van der Waals surface area (Å²) in [7, 11) is 0. The SMILES string of the molecule is Cc1ccc(C)c(OCCOc2ccc(/C=C(/C#N)C(=O)Nc3nnc(C(F)(F)F)s3)cc2)c1. The monoisotopic (exact) mass is 488 g/mol. The number of alkyl halides is 3. The van der Waals surface area contributed by atoms with Crippen molar-refractivity contribution in [3.05, 3.63) is 69.7 Å². The first-order valence-electron chi connectivity index (χ1n) is 9.92. The Morgan fingerprint density at radius 2 is 1.82 bits per heavy atom. The number of halogens is 3. The first kappa shape index (κ1) is 24.7. The van der Waals surface area contributed by atoms with Crippen LogP contribution in [-0.2, 0) is 11.0 Å². The van der Waals surface area contributed by atoms with E-state index in [-0.39, 0.29) is 22.0 Å². The number of carbonyl (C=O) groups is 1. The minimum Gasteiger partial charge on any atom is -0.490 e. The van der Waals surface area contributed by atoms with Gasteiger partial charge in [-0.05, 0) is 54.8 Å². The van der Waals surface area contributed by atoms with Crippen molar-refractivity contribution in [3.8, 4) is 17.6 Å². The van der Waals surface area contributed by atoms with E-state index < -0.39 is 17.1 Å². The predicted molar refractivity (Wildman–Crippen MR) is 120 cm³/mol. The molecule has 0 bridgehead atoms. The van der Waals surface area contributed by atoms with Crippen LogP contribution in [0.1, 0.15) is 21.7 Å². The number of hydrogen-bond donors (Lipinski definition) is 1. The van der Waals surface area contributed by atoms with E-state index in [4.69, 9.17) is 9.47 Å². The van der Waals surface area contributed by atoms with Gasteiger partial charge in [-0.3, -0.25) is 10.1 Å². The van der Waals surface area contributed by atoms with E-state index in [0.29, 0.717) is 24.5 Å². The summed E-state index contributed by atoms with van der Waals surface area (Å²) in [6, 6.07) is 14.3. The molecule has 2 aromatic carbocycles. The number of nitriles is 1. The van der Waals surface area contributed by atoms with Gasteiger partial charge in [-0.1, -0.05) is 35.6 Å². The van der Waals surface area contributed by atoms with Crippen molar-refractivity contribution >= 4 is 28.5 Å². The summed E-state index contributed by atoms with van der Waals surface area (Å²) >= 11 is 0.171. The van der Waals surface area contributed by atoms with E-state index in [1.807, 2.05) is 32.0 Å². The Morgan fingerprint density at radius 3 is 2.47 bits per heavy atom. The standard InChI is InChI=1S/C23H19F3N4O3S/c1-14-3-4-15(2)19(11-14)33-10-9-32-18-7-5-16(6-8-18)12-17(13-27)20(31)28-22-30-29-21(34-22)23(24,25)26/h3-8,11-12H,9-10H2,1-2H3,(H,28,30,31)/b17-12-. The van der Waals surface area contributed by atoms with E-state index >= 15 is 0 Å². The molecule has 0 aliphatic carbocycles. The maximum atomic E-state index is 12.6. The van der Waals surface area contributed by atoms with Crippen molar-refractivity contribution in [1.82, 2.24) is 10.2 Å². The molecule has 0 aliphatic rings. The van der Waals surface area contributed by atoms with Crippen LogP contribution in [-0.4, -0.2) is 29.3 Å². The van der Waals surface area contributed by atoms with Gasteiger partial charge in [0.25, 0.3) is 5.91 Å². The van der Waals surface area contributed by atoms with Crippen LogP contribution in [0.15, 0.2) is 48.0 Å². The highest BCUT2D eigenvalue weighted by atomic mass is 32.1. The second-order valence-corrected chi connectivity index (χ2v) is 8.05. The zero-order chi connectivity index (χ0) is 24.7. The topological polar surface area (TPSA) is 97.1 Å². The molecule has 176 valence electrons. The Hall–Kier alpha value is -3.91. The van der Waals surface area contributed by atoms with Gasteiger partial charge in [0.1, 0.15) is 36.4 Å². The summed E-state index contributed by atoms with van der Waals surface area (Å²) < 4.78 is 49.2. The highest BCUT2D eigenvalue weighted by Crippen LogP contribution is 2.33. The molecular weight excluding hydrogens is 469 g/mol. The molecule has 1 heterocycles. The molecule has 1 N–H and O–H groups in total. The zero-order valence-corrected chi connectivity index (χ0v) is 19.0. The second-order valence-electron chi connectivity index (χ2n) is 7.07. The molecule has 1 aromatic heterocycles. The molecule has 0 saturated heterocycles. The maximum absolute atomic E-state index is 12.6. The number of carbonyl (C=O) groups excluding carboxylic acids is 1. The van der Waals surface area contributed by atoms with Crippen molar-refractivity contribution in [2.45, 2.75) is 20.0 Å². The third-order valence-corrected chi connectivity index (χ3v) is 5.28. The van der Waals surface area contributed by atoms with Crippen molar-refractivity contribution in [2.24, 2.45) is 0 Å². The van der Waals surface area contributed by atoms with Crippen LogP contribution in [0.5, 0.6) is 11.5 Å². The normalized spacial score (nSPS) is 11.6. The Morgan fingerprint density at radius 1 is 1.12 bits per heavy atom. The largest absolute Gasteiger partial charge is 0.490 e. The lowest BCUT2D eigenvalue weighted by Gasteiger charge is -2.11. The van der Waals surface area contributed by atoms with E-state index in [9.17, 15) is 23.2 Å². The average molecular weight is 488 g/mol. The number of aromatic nitrogens is 2. The molecule has 0 fully saturated rings. The lowest BCUT2D eigenvalue weighted by atomic mass is 10.1. The average Bonchev–Trinajstić information content (AvgIpc) is 3.27. The fraction of sp³-hybridized carbons (Fsp3) is 0.217. The number of aryl methyl sites for hydroxylation is 2. The molecule has 11 heteroatoms. The number of rotatable bonds is 8. The number of hydrogen-bond acceptors (Lipinski definition) is 7. The minimum absolute atomic E-state index is 0.171. The smallest absolute Gasteiger partial charge is 0.445 e. The van der Waals surface area contributed by atoms with Crippen LogP contribution in [0.25, 0.3) is 6.08 Å². The summed E-state index contributed by atoms with van der Waals surface area (Å²) in [6.07, 6.45) is -3.36. The fourth-order valence-corrected chi connectivity index (χ4v) is 3.31. The lowest BCUT2D eigenvalue weighted by Crippen LogP contribution is -2.13. The van der Waals surface area contributed by atoms with Gasteiger partial charge in [0, 0.05) is 0 Å². The summed E-state index contributed by atoms with van der Waals surface area (Å²) in [5.74, 6) is 0.476. The van der Waals surface area contributed by atoms with Gasteiger partial charge < -0.3 is 9.47 Å². The fourth-order valence-electron chi connectivity index (χ4n) is 2.70. The van der Waals surface area contributed by atoms with Gasteiger partial charge in [0.05, 0.1) is 0 Å². The quantitative estimate of drug-likeness (QED) is 0.267. The molecular formula is C23H19F3N4O3S. The molecule has 34 heavy (non-hydrogen) atoms. The van der Waals surface area contributed by atoms with Crippen molar-refractivity contribution in [2.75, 3.05) is 18.5 Å². The third-order valence-electron chi connectivity index (χ3n) is 4.40. The minimum atomic E-state index is -4.66. The summed E-state index contributed by atoms with van der Waals surface area (Å²) in [5.41, 5.74) is 2.36. The number of benzene rings is 2. The Kier molecular flexibility index (Phi) is 7.86.